The predicted molar refractivity (Wildman–Crippen MR) is 110 cm³/mol. The van der Waals surface area contributed by atoms with Crippen molar-refractivity contribution in [2.45, 2.75) is 37.6 Å². The molecule has 0 saturated carbocycles. The van der Waals surface area contributed by atoms with E-state index in [4.69, 9.17) is 0 Å². The highest BCUT2D eigenvalue weighted by Crippen LogP contribution is 2.40. The summed E-state index contributed by atoms with van der Waals surface area (Å²) in [5.41, 5.74) is 1.42. The summed E-state index contributed by atoms with van der Waals surface area (Å²) in [5, 5.41) is 7.22. The van der Waals surface area contributed by atoms with Crippen LogP contribution in [0.1, 0.15) is 28.7 Å². The molecule has 0 unspecified atom stereocenters. The van der Waals surface area contributed by atoms with Crippen LogP contribution in [0.3, 0.4) is 0 Å². The number of nitrogens with one attached hydrogen (secondary N) is 1. The van der Waals surface area contributed by atoms with Crippen LogP contribution >= 0.6 is 34.4 Å². The zero-order valence-electron chi connectivity index (χ0n) is 14.7. The van der Waals surface area contributed by atoms with Crippen LogP contribution in [0.15, 0.2) is 28.9 Å². The highest BCUT2D eigenvalue weighted by atomic mass is 32.2. The number of hydrogen-bond donors (Lipinski definition) is 1. The molecule has 1 aliphatic carbocycles. The molecule has 0 aliphatic heterocycles. The summed E-state index contributed by atoms with van der Waals surface area (Å²) < 4.78 is 0. The molecule has 0 saturated heterocycles. The van der Waals surface area contributed by atoms with Gasteiger partial charge in [0.25, 0.3) is 0 Å². The molecule has 1 N–H and O–H groups in total. The minimum atomic E-state index is 0.0658. The maximum absolute atomic E-state index is 12.2. The van der Waals surface area contributed by atoms with Crippen LogP contribution in [0, 0.1) is 5.92 Å². The molecule has 0 bridgehead atoms. The Morgan fingerprint density at radius 3 is 3.19 bits per heavy atom. The van der Waals surface area contributed by atoms with Crippen LogP contribution in [-0.2, 0) is 24.1 Å². The van der Waals surface area contributed by atoms with Crippen LogP contribution in [0.4, 0.5) is 0 Å². The van der Waals surface area contributed by atoms with E-state index in [1.807, 2.05) is 6.07 Å². The first-order chi connectivity index (χ1) is 12.7. The van der Waals surface area contributed by atoms with Gasteiger partial charge in [0.15, 0.2) is 0 Å². The zero-order chi connectivity index (χ0) is 17.9. The highest BCUT2D eigenvalue weighted by molar-refractivity contribution is 8.00. The van der Waals surface area contributed by atoms with Gasteiger partial charge in [0.1, 0.15) is 16.2 Å². The molecule has 0 spiro atoms. The third kappa shape index (κ3) is 3.94. The third-order valence-electron chi connectivity index (χ3n) is 4.67. The molecular weight excluding hydrogens is 382 g/mol. The molecule has 4 nitrogen and oxygen atoms in total. The Morgan fingerprint density at radius 1 is 1.42 bits per heavy atom. The summed E-state index contributed by atoms with van der Waals surface area (Å²) in [6.45, 7) is 3.00. The second kappa shape index (κ2) is 8.06. The number of nitrogens with zero attached hydrogens (tertiary/aromatic N) is 2. The largest absolute Gasteiger partial charge is 0.355 e. The number of amides is 1. The number of rotatable bonds is 6. The average molecular weight is 404 g/mol. The fourth-order valence-corrected chi connectivity index (χ4v) is 6.30. The molecule has 1 amide bonds. The second-order valence-electron chi connectivity index (χ2n) is 6.68. The van der Waals surface area contributed by atoms with Crippen LogP contribution < -0.4 is 5.32 Å². The van der Waals surface area contributed by atoms with E-state index in [2.05, 4.69) is 33.7 Å². The highest BCUT2D eigenvalue weighted by Gasteiger charge is 2.23. The van der Waals surface area contributed by atoms with E-state index in [1.165, 1.54) is 38.9 Å². The Labute approximate surface area is 165 Å². The van der Waals surface area contributed by atoms with Gasteiger partial charge in [-0.25, -0.2) is 9.97 Å². The lowest BCUT2D eigenvalue weighted by molar-refractivity contribution is -0.118. The number of thioether (sulfide) groups is 1. The summed E-state index contributed by atoms with van der Waals surface area (Å²) in [6, 6.07) is 4.14. The van der Waals surface area contributed by atoms with Gasteiger partial charge in [0.05, 0.1) is 5.75 Å². The van der Waals surface area contributed by atoms with Crippen molar-refractivity contribution in [3.8, 4) is 0 Å². The van der Waals surface area contributed by atoms with Gasteiger partial charge in [0.2, 0.25) is 5.91 Å². The van der Waals surface area contributed by atoms with Crippen molar-refractivity contribution in [2.24, 2.45) is 5.92 Å². The van der Waals surface area contributed by atoms with Crippen molar-refractivity contribution < 1.29 is 4.79 Å². The lowest BCUT2D eigenvalue weighted by Crippen LogP contribution is -2.27. The van der Waals surface area contributed by atoms with E-state index < -0.39 is 0 Å². The van der Waals surface area contributed by atoms with Gasteiger partial charge in [-0.1, -0.05) is 24.8 Å². The fourth-order valence-electron chi connectivity index (χ4n) is 3.32. The average Bonchev–Trinajstić information content (AvgIpc) is 3.26. The van der Waals surface area contributed by atoms with Crippen LogP contribution in [0.5, 0.6) is 0 Å². The van der Waals surface area contributed by atoms with Gasteiger partial charge < -0.3 is 5.32 Å². The van der Waals surface area contributed by atoms with Gasteiger partial charge in [-0.05, 0) is 48.6 Å². The van der Waals surface area contributed by atoms with E-state index in [0.29, 0.717) is 12.3 Å². The number of fused-ring (bicyclic) bond motifs is 3. The lowest BCUT2D eigenvalue weighted by Gasteiger charge is -2.18. The topological polar surface area (TPSA) is 54.9 Å². The zero-order valence-corrected chi connectivity index (χ0v) is 17.1. The van der Waals surface area contributed by atoms with Gasteiger partial charge in [0, 0.05) is 21.7 Å². The van der Waals surface area contributed by atoms with E-state index in [-0.39, 0.29) is 5.91 Å². The third-order valence-corrected chi connectivity index (χ3v) is 7.76. The minimum absolute atomic E-state index is 0.0658. The summed E-state index contributed by atoms with van der Waals surface area (Å²) in [6.07, 6.45) is 5.99. The quantitative estimate of drug-likeness (QED) is 0.492. The Hall–Kier alpha value is -1.44. The Balaban J connectivity index is 1.40. The maximum atomic E-state index is 12.2. The molecule has 7 heteroatoms. The Bertz CT molecular complexity index is 904. The number of aryl methyl sites for hydroxylation is 1. The van der Waals surface area contributed by atoms with E-state index >= 15 is 0 Å². The molecule has 26 heavy (non-hydrogen) atoms. The van der Waals surface area contributed by atoms with E-state index in [9.17, 15) is 4.79 Å². The molecule has 1 aliphatic rings. The number of carbonyl (C=O) groups excluding carboxylic acids is 1. The smallest absolute Gasteiger partial charge is 0.230 e. The molecule has 3 aromatic rings. The lowest BCUT2D eigenvalue weighted by atomic mass is 9.89. The standard InChI is InChI=1S/C19H21N3OS3/c1-12-4-5-14-15(9-12)26-19-17(14)18(21-11-22-19)25-10-16(23)20-7-6-13-3-2-8-24-13/h2-3,8,11-12H,4-7,9-10H2,1H3,(H,20,23)/t12-/m1/s1. The molecule has 0 radical (unpaired) electrons. The summed E-state index contributed by atoms with van der Waals surface area (Å²) in [7, 11) is 0. The first-order valence-electron chi connectivity index (χ1n) is 8.88. The van der Waals surface area contributed by atoms with Crippen LogP contribution in [-0.4, -0.2) is 28.2 Å². The summed E-state index contributed by atoms with van der Waals surface area (Å²) in [5.74, 6) is 1.21. The molecule has 3 heterocycles. The SMILES string of the molecule is C[C@@H]1CCc2c(sc3ncnc(SCC(=O)NCCc4cccs4)c23)C1. The van der Waals surface area contributed by atoms with Crippen molar-refractivity contribution in [1.29, 1.82) is 0 Å². The Morgan fingerprint density at radius 2 is 2.35 bits per heavy atom. The van der Waals surface area contributed by atoms with E-state index in [0.717, 1.165) is 35.0 Å². The number of aromatic nitrogens is 2. The number of carbonyl (C=O) groups is 1. The first kappa shape index (κ1) is 17.9. The maximum Gasteiger partial charge on any atom is 0.230 e. The Kier molecular flexibility index (Phi) is 5.57. The molecule has 1 atom stereocenters. The molecule has 4 rings (SSSR count). The van der Waals surface area contributed by atoms with E-state index in [1.54, 1.807) is 29.0 Å². The van der Waals surface area contributed by atoms with Crippen molar-refractivity contribution in [1.82, 2.24) is 15.3 Å². The van der Waals surface area contributed by atoms with Crippen LogP contribution in [0.2, 0.25) is 0 Å². The van der Waals surface area contributed by atoms with Gasteiger partial charge in [-0.3, -0.25) is 4.79 Å². The summed E-state index contributed by atoms with van der Waals surface area (Å²) in [4.78, 5) is 25.0. The molecule has 3 aromatic heterocycles. The molecular formula is C19H21N3OS3. The summed E-state index contributed by atoms with van der Waals surface area (Å²) >= 11 is 5.06. The second-order valence-corrected chi connectivity index (χ2v) is 9.76. The van der Waals surface area contributed by atoms with Crippen molar-refractivity contribution in [3.05, 3.63) is 39.2 Å². The molecule has 0 aromatic carbocycles. The van der Waals surface area contributed by atoms with Gasteiger partial charge in [-0.15, -0.1) is 22.7 Å². The fraction of sp³-hybridized carbons (Fsp3) is 0.421. The van der Waals surface area contributed by atoms with Crippen LogP contribution in [0.25, 0.3) is 10.2 Å². The first-order valence-corrected chi connectivity index (χ1v) is 11.6. The van der Waals surface area contributed by atoms with Gasteiger partial charge in [-0.2, -0.15) is 0 Å². The molecule has 136 valence electrons. The number of hydrogen-bond acceptors (Lipinski definition) is 6. The van der Waals surface area contributed by atoms with Crippen molar-refractivity contribution in [2.75, 3.05) is 12.3 Å². The van der Waals surface area contributed by atoms with Crippen molar-refractivity contribution in [3.63, 3.8) is 0 Å². The van der Waals surface area contributed by atoms with Crippen molar-refractivity contribution >= 4 is 50.6 Å². The van der Waals surface area contributed by atoms with Gasteiger partial charge >= 0.3 is 0 Å². The minimum Gasteiger partial charge on any atom is -0.355 e. The number of thiophene rings is 2. The predicted octanol–water partition coefficient (Wildman–Crippen LogP) is 4.33. The molecule has 0 fully saturated rings. The monoisotopic (exact) mass is 403 g/mol. The normalized spacial score (nSPS) is 16.6.